The first-order chi connectivity index (χ1) is 10.7. The van der Waals surface area contributed by atoms with Crippen molar-refractivity contribution in [2.24, 2.45) is 7.05 Å². The van der Waals surface area contributed by atoms with E-state index in [0.717, 1.165) is 31.4 Å². The molecule has 6 nitrogen and oxygen atoms in total. The molecule has 0 saturated heterocycles. The molecule has 1 aliphatic carbocycles. The van der Waals surface area contributed by atoms with Gasteiger partial charge in [0.25, 0.3) is 0 Å². The third kappa shape index (κ3) is 5.62. The van der Waals surface area contributed by atoms with Gasteiger partial charge in [-0.1, -0.05) is 0 Å². The Morgan fingerprint density at radius 1 is 1.17 bits per heavy atom. The maximum atomic E-state index is 11.8. The predicted octanol–water partition coefficient (Wildman–Crippen LogP) is 2.63. The van der Waals surface area contributed by atoms with Crippen molar-refractivity contribution in [3.63, 3.8) is 0 Å². The summed E-state index contributed by atoms with van der Waals surface area (Å²) in [6, 6.07) is 3.91. The zero-order chi connectivity index (χ0) is 17.0. The van der Waals surface area contributed by atoms with Crippen LogP contribution in [0.15, 0.2) is 23.1 Å². The molecule has 0 bridgehead atoms. The van der Waals surface area contributed by atoms with E-state index in [4.69, 9.17) is 4.74 Å². The van der Waals surface area contributed by atoms with E-state index >= 15 is 0 Å². The summed E-state index contributed by atoms with van der Waals surface area (Å²) >= 11 is 0. The van der Waals surface area contributed by atoms with Crippen molar-refractivity contribution in [2.45, 2.75) is 64.1 Å². The number of nitrogens with zero attached hydrogens (tertiary/aromatic N) is 1. The van der Waals surface area contributed by atoms with E-state index in [9.17, 15) is 9.59 Å². The summed E-state index contributed by atoms with van der Waals surface area (Å²) in [6.07, 6.45) is 5.26. The Balaban J connectivity index is 1.78. The van der Waals surface area contributed by atoms with Crippen LogP contribution in [-0.4, -0.2) is 28.3 Å². The number of hydrogen-bond donors (Lipinski definition) is 2. The number of amides is 1. The number of carbonyl (C=O) groups is 1. The molecule has 1 amide bonds. The highest BCUT2D eigenvalue weighted by Gasteiger charge is 2.24. The van der Waals surface area contributed by atoms with Crippen molar-refractivity contribution in [3.05, 3.63) is 28.7 Å². The number of aryl methyl sites for hydroxylation is 1. The van der Waals surface area contributed by atoms with E-state index in [1.807, 2.05) is 33.0 Å². The maximum absolute atomic E-state index is 11.8. The van der Waals surface area contributed by atoms with Gasteiger partial charge in [-0.05, 0) is 52.5 Å². The van der Waals surface area contributed by atoms with Gasteiger partial charge in [-0.25, -0.2) is 4.79 Å². The molecular weight excluding hydrogens is 294 g/mol. The van der Waals surface area contributed by atoms with Crippen LogP contribution < -0.4 is 16.2 Å². The van der Waals surface area contributed by atoms with E-state index in [2.05, 4.69) is 10.6 Å². The first-order valence-electron chi connectivity index (χ1n) is 8.16. The first kappa shape index (κ1) is 17.4. The van der Waals surface area contributed by atoms with Crippen LogP contribution in [0.4, 0.5) is 10.5 Å². The summed E-state index contributed by atoms with van der Waals surface area (Å²) in [5.41, 5.74) is 0.475. The highest BCUT2D eigenvalue weighted by Crippen LogP contribution is 2.22. The van der Waals surface area contributed by atoms with E-state index < -0.39 is 5.60 Å². The molecule has 6 heteroatoms. The lowest BCUT2D eigenvalue weighted by atomic mass is 9.91. The third-order valence-electron chi connectivity index (χ3n) is 3.90. The molecule has 1 aromatic heterocycles. The Morgan fingerprint density at radius 3 is 2.35 bits per heavy atom. The molecule has 1 heterocycles. The fourth-order valence-corrected chi connectivity index (χ4v) is 2.77. The average molecular weight is 321 g/mol. The summed E-state index contributed by atoms with van der Waals surface area (Å²) in [5.74, 6) is 0. The average Bonchev–Trinajstić information content (AvgIpc) is 2.43. The predicted molar refractivity (Wildman–Crippen MR) is 90.7 cm³/mol. The van der Waals surface area contributed by atoms with Crippen molar-refractivity contribution in [1.29, 1.82) is 0 Å². The SMILES string of the molecule is Cn1cc(NC2CCC(NC(=O)OC(C)(C)C)CC2)ccc1=O. The molecule has 1 fully saturated rings. The normalized spacial score (nSPS) is 21.6. The molecule has 0 spiro atoms. The number of pyridine rings is 1. The summed E-state index contributed by atoms with van der Waals surface area (Å²) in [6.45, 7) is 5.59. The van der Waals surface area contributed by atoms with Gasteiger partial charge in [0.2, 0.25) is 5.56 Å². The van der Waals surface area contributed by atoms with E-state index in [-0.39, 0.29) is 17.7 Å². The zero-order valence-electron chi connectivity index (χ0n) is 14.4. The first-order valence-corrected chi connectivity index (χ1v) is 8.16. The molecule has 1 aromatic rings. The summed E-state index contributed by atoms with van der Waals surface area (Å²) in [4.78, 5) is 23.2. The van der Waals surface area contributed by atoms with Gasteiger partial charge in [-0.3, -0.25) is 4.79 Å². The zero-order valence-corrected chi connectivity index (χ0v) is 14.4. The molecule has 23 heavy (non-hydrogen) atoms. The van der Waals surface area contributed by atoms with Crippen molar-refractivity contribution in [1.82, 2.24) is 9.88 Å². The molecule has 0 unspecified atom stereocenters. The number of aromatic nitrogens is 1. The Morgan fingerprint density at radius 2 is 1.78 bits per heavy atom. The van der Waals surface area contributed by atoms with Crippen LogP contribution in [0.25, 0.3) is 0 Å². The lowest BCUT2D eigenvalue weighted by molar-refractivity contribution is 0.0492. The van der Waals surface area contributed by atoms with Gasteiger partial charge in [0.1, 0.15) is 5.60 Å². The number of hydrogen-bond acceptors (Lipinski definition) is 4. The lowest BCUT2D eigenvalue weighted by Gasteiger charge is -2.31. The molecular formula is C17H27N3O3. The van der Waals surface area contributed by atoms with Crippen LogP contribution in [0.1, 0.15) is 46.5 Å². The minimum atomic E-state index is -0.466. The minimum Gasteiger partial charge on any atom is -0.444 e. The largest absolute Gasteiger partial charge is 0.444 e. The number of nitrogens with one attached hydrogen (secondary N) is 2. The van der Waals surface area contributed by atoms with Gasteiger partial charge < -0.3 is 19.9 Å². The molecule has 0 radical (unpaired) electrons. The second-order valence-corrected chi connectivity index (χ2v) is 7.21. The monoisotopic (exact) mass is 321 g/mol. The summed E-state index contributed by atoms with van der Waals surface area (Å²) < 4.78 is 6.86. The van der Waals surface area contributed by atoms with Gasteiger partial charge in [0.15, 0.2) is 0 Å². The number of ether oxygens (including phenoxy) is 1. The Kier molecular flexibility index (Phi) is 5.34. The number of anilines is 1. The maximum Gasteiger partial charge on any atom is 0.407 e. The van der Waals surface area contributed by atoms with Gasteiger partial charge in [0.05, 0.1) is 5.69 Å². The summed E-state index contributed by atoms with van der Waals surface area (Å²) in [5, 5.41) is 6.40. The molecule has 0 atom stereocenters. The smallest absolute Gasteiger partial charge is 0.407 e. The number of carbonyl (C=O) groups excluding carboxylic acids is 1. The fraction of sp³-hybridized carbons (Fsp3) is 0.647. The van der Waals surface area contributed by atoms with E-state index in [1.54, 1.807) is 17.7 Å². The second kappa shape index (κ2) is 7.06. The molecule has 2 N–H and O–H groups in total. The lowest BCUT2D eigenvalue weighted by Crippen LogP contribution is -2.42. The fourth-order valence-electron chi connectivity index (χ4n) is 2.77. The van der Waals surface area contributed by atoms with Crippen LogP contribution in [0.5, 0.6) is 0 Å². The Labute approximate surface area is 137 Å². The second-order valence-electron chi connectivity index (χ2n) is 7.21. The van der Waals surface area contributed by atoms with Crippen molar-refractivity contribution < 1.29 is 9.53 Å². The minimum absolute atomic E-state index is 0.0131. The van der Waals surface area contributed by atoms with Gasteiger partial charge >= 0.3 is 6.09 Å². The van der Waals surface area contributed by atoms with Crippen LogP contribution in [0.3, 0.4) is 0 Å². The van der Waals surface area contributed by atoms with E-state index in [0.29, 0.717) is 6.04 Å². The topological polar surface area (TPSA) is 72.4 Å². The summed E-state index contributed by atoms with van der Waals surface area (Å²) in [7, 11) is 1.75. The number of rotatable bonds is 3. The van der Waals surface area contributed by atoms with E-state index in [1.165, 1.54) is 0 Å². The molecule has 1 saturated carbocycles. The van der Waals surface area contributed by atoms with Crippen LogP contribution in [0, 0.1) is 0 Å². The molecule has 1 aliphatic rings. The Hall–Kier alpha value is -1.98. The third-order valence-corrected chi connectivity index (χ3v) is 3.90. The van der Waals surface area contributed by atoms with Crippen LogP contribution >= 0.6 is 0 Å². The van der Waals surface area contributed by atoms with Crippen molar-refractivity contribution in [2.75, 3.05) is 5.32 Å². The Bertz CT molecular complexity index is 596. The molecule has 2 rings (SSSR count). The standard InChI is InChI=1S/C17H27N3O3/c1-17(2,3)23-16(22)19-13-7-5-12(6-8-13)18-14-9-10-15(21)20(4)11-14/h9-13,18H,5-8H2,1-4H3,(H,19,22). The molecule has 0 aliphatic heterocycles. The van der Waals surface area contributed by atoms with Crippen molar-refractivity contribution >= 4 is 11.8 Å². The van der Waals surface area contributed by atoms with Crippen LogP contribution in [0.2, 0.25) is 0 Å². The highest BCUT2D eigenvalue weighted by molar-refractivity contribution is 5.68. The molecule has 0 aromatic carbocycles. The quantitative estimate of drug-likeness (QED) is 0.897. The van der Waals surface area contributed by atoms with Crippen LogP contribution in [-0.2, 0) is 11.8 Å². The highest BCUT2D eigenvalue weighted by atomic mass is 16.6. The van der Waals surface area contributed by atoms with Crippen molar-refractivity contribution in [3.8, 4) is 0 Å². The van der Waals surface area contributed by atoms with Gasteiger partial charge in [-0.2, -0.15) is 0 Å². The van der Waals surface area contributed by atoms with Gasteiger partial charge in [0, 0.05) is 31.4 Å². The number of alkyl carbamates (subject to hydrolysis) is 1. The van der Waals surface area contributed by atoms with Gasteiger partial charge in [-0.15, -0.1) is 0 Å². The molecule has 128 valence electrons.